The highest BCUT2D eigenvalue weighted by Gasteiger charge is 2.35. The number of benzene rings is 2. The largest absolute Gasteiger partial charge is 0.343 e. The topological polar surface area (TPSA) is 43.9 Å². The summed E-state index contributed by atoms with van der Waals surface area (Å²) in [5.74, 6) is 0.775. The van der Waals surface area contributed by atoms with E-state index in [1.807, 2.05) is 29.2 Å². The first-order chi connectivity index (χ1) is 17.9. The highest BCUT2D eigenvalue weighted by Crippen LogP contribution is 2.33. The van der Waals surface area contributed by atoms with Crippen molar-refractivity contribution >= 4 is 35.0 Å². The zero-order valence-electron chi connectivity index (χ0n) is 22.0. The normalized spacial score (nSPS) is 19.4. The molecule has 2 aliphatic rings. The van der Waals surface area contributed by atoms with Crippen LogP contribution in [0.15, 0.2) is 48.5 Å². The van der Waals surface area contributed by atoms with Gasteiger partial charge in [0.25, 0.3) is 0 Å². The summed E-state index contributed by atoms with van der Waals surface area (Å²) in [6.45, 7) is 7.76. The Morgan fingerprint density at radius 1 is 0.892 bits per heavy atom. The molecule has 5 nitrogen and oxygen atoms in total. The lowest BCUT2D eigenvalue weighted by Crippen LogP contribution is -2.56. The number of carbonyl (C=O) groups excluding carboxylic acids is 2. The smallest absolute Gasteiger partial charge is 0.223 e. The minimum absolute atomic E-state index is 0.0758. The van der Waals surface area contributed by atoms with E-state index in [9.17, 15) is 9.59 Å². The minimum atomic E-state index is 0.0758. The lowest BCUT2D eigenvalue weighted by atomic mass is 9.91. The molecule has 2 aromatic carbocycles. The van der Waals surface area contributed by atoms with E-state index in [0.717, 1.165) is 74.9 Å². The van der Waals surface area contributed by atoms with E-state index >= 15 is 0 Å². The molecule has 37 heavy (non-hydrogen) atoms. The van der Waals surface area contributed by atoms with Crippen LogP contribution in [0.5, 0.6) is 0 Å². The summed E-state index contributed by atoms with van der Waals surface area (Å²) in [5, 5.41) is 1.45. The van der Waals surface area contributed by atoms with Gasteiger partial charge in [0.05, 0.1) is 6.04 Å². The second-order valence-corrected chi connectivity index (χ2v) is 11.4. The monoisotopic (exact) mass is 543 g/mol. The van der Waals surface area contributed by atoms with Gasteiger partial charge in [0.1, 0.15) is 0 Å². The highest BCUT2D eigenvalue weighted by atomic mass is 35.5. The van der Waals surface area contributed by atoms with Crippen LogP contribution < -0.4 is 0 Å². The van der Waals surface area contributed by atoms with Crippen molar-refractivity contribution in [2.45, 2.75) is 64.5 Å². The third-order valence-electron chi connectivity index (χ3n) is 7.99. The van der Waals surface area contributed by atoms with Crippen molar-refractivity contribution in [3.8, 4) is 0 Å². The fourth-order valence-corrected chi connectivity index (χ4v) is 6.10. The second kappa shape index (κ2) is 13.1. The maximum absolute atomic E-state index is 13.5. The fraction of sp³-hybridized carbons (Fsp3) is 0.533. The van der Waals surface area contributed by atoms with Crippen LogP contribution in [0.4, 0.5) is 0 Å². The molecule has 0 unspecified atom stereocenters. The first-order valence-electron chi connectivity index (χ1n) is 13.7. The van der Waals surface area contributed by atoms with E-state index in [-0.39, 0.29) is 23.9 Å². The average molecular weight is 545 g/mol. The Labute approximate surface area is 231 Å². The van der Waals surface area contributed by atoms with Crippen LogP contribution in [0.3, 0.4) is 0 Å². The summed E-state index contributed by atoms with van der Waals surface area (Å²) in [5.41, 5.74) is 2.39. The van der Waals surface area contributed by atoms with Crippen LogP contribution >= 0.6 is 23.2 Å². The van der Waals surface area contributed by atoms with E-state index < -0.39 is 0 Å². The third-order valence-corrected chi connectivity index (χ3v) is 8.49. The van der Waals surface area contributed by atoms with Crippen molar-refractivity contribution in [2.75, 3.05) is 32.7 Å². The van der Waals surface area contributed by atoms with Crippen LogP contribution in [0.2, 0.25) is 10.0 Å². The number of amides is 2. The summed E-state index contributed by atoms with van der Waals surface area (Å²) in [7, 11) is 0. The van der Waals surface area contributed by atoms with Gasteiger partial charge in [-0.05, 0) is 60.6 Å². The van der Waals surface area contributed by atoms with Gasteiger partial charge in [-0.1, -0.05) is 67.2 Å². The van der Waals surface area contributed by atoms with Crippen LogP contribution in [0.25, 0.3) is 0 Å². The van der Waals surface area contributed by atoms with Gasteiger partial charge in [0.15, 0.2) is 0 Å². The van der Waals surface area contributed by atoms with Gasteiger partial charge in [0.2, 0.25) is 11.8 Å². The molecule has 2 fully saturated rings. The number of halogens is 2. The Morgan fingerprint density at radius 3 is 1.97 bits per heavy atom. The molecule has 4 rings (SSSR count). The van der Waals surface area contributed by atoms with Crippen molar-refractivity contribution in [3.05, 3.63) is 69.7 Å². The molecule has 0 spiro atoms. The second-order valence-electron chi connectivity index (χ2n) is 10.5. The molecule has 2 aromatic rings. The predicted molar refractivity (Wildman–Crippen MR) is 151 cm³/mol. The van der Waals surface area contributed by atoms with Crippen molar-refractivity contribution in [3.63, 3.8) is 0 Å². The predicted octanol–water partition coefficient (Wildman–Crippen LogP) is 6.43. The van der Waals surface area contributed by atoms with E-state index in [0.29, 0.717) is 12.3 Å². The maximum Gasteiger partial charge on any atom is 0.223 e. The van der Waals surface area contributed by atoms with Crippen molar-refractivity contribution in [2.24, 2.45) is 5.92 Å². The van der Waals surface area contributed by atoms with Gasteiger partial charge in [-0.3, -0.25) is 14.5 Å². The molecule has 0 saturated carbocycles. The molecule has 2 saturated heterocycles. The third kappa shape index (κ3) is 7.28. The molecule has 0 bridgehead atoms. The zero-order chi connectivity index (χ0) is 26.4. The number of unbranched alkanes of at least 4 members (excludes halogenated alkanes) is 1. The van der Waals surface area contributed by atoms with Crippen molar-refractivity contribution in [1.29, 1.82) is 0 Å². The Balaban J connectivity index is 1.49. The van der Waals surface area contributed by atoms with Gasteiger partial charge in [0, 0.05) is 62.2 Å². The van der Waals surface area contributed by atoms with Crippen molar-refractivity contribution < 1.29 is 9.59 Å². The molecule has 2 aliphatic heterocycles. The molecular formula is C30H39Cl2N3O2. The number of hydrogen-bond donors (Lipinski definition) is 0. The number of likely N-dealkylation sites (tertiary alicyclic amines) is 1. The molecule has 0 aromatic heterocycles. The van der Waals surface area contributed by atoms with Crippen LogP contribution in [-0.4, -0.2) is 65.3 Å². The van der Waals surface area contributed by atoms with Gasteiger partial charge in [-0.15, -0.1) is 0 Å². The minimum Gasteiger partial charge on any atom is -0.343 e. The number of nitrogens with zero attached hydrogens (tertiary/aromatic N) is 3. The molecular weight excluding hydrogens is 505 g/mol. The lowest BCUT2D eigenvalue weighted by molar-refractivity contribution is -0.138. The molecule has 1 atom stereocenters. The Hall–Kier alpha value is -2.08. The van der Waals surface area contributed by atoms with Crippen LogP contribution in [0.1, 0.15) is 69.5 Å². The number of piperazine rings is 1. The zero-order valence-corrected chi connectivity index (χ0v) is 23.6. The van der Waals surface area contributed by atoms with Crippen LogP contribution in [-0.2, 0) is 9.59 Å². The molecule has 2 amide bonds. The first-order valence-corrected chi connectivity index (χ1v) is 14.4. The van der Waals surface area contributed by atoms with Crippen LogP contribution in [0, 0.1) is 5.92 Å². The summed E-state index contributed by atoms with van der Waals surface area (Å²) in [6, 6.07) is 16.5. The van der Waals surface area contributed by atoms with Gasteiger partial charge < -0.3 is 9.80 Å². The summed E-state index contributed by atoms with van der Waals surface area (Å²) in [6.07, 6.45) is 5.65. The molecule has 2 heterocycles. The quantitative estimate of drug-likeness (QED) is 0.385. The molecule has 0 aliphatic carbocycles. The fourth-order valence-electron chi connectivity index (χ4n) is 5.85. The standard InChI is InChI=1S/C30H39Cl2N3O2/c1-3-4-5-28-21-34(18-19-35(28)29(37)20-23-14-16-33(17-15-23)22(2)36)30(24-6-10-26(31)11-7-24)25-8-12-27(32)13-9-25/h6-13,23,28,30H,3-5,14-21H2,1-2H3/t28-/m0/s1. The number of rotatable bonds is 8. The highest BCUT2D eigenvalue weighted by molar-refractivity contribution is 6.30. The van der Waals surface area contributed by atoms with Gasteiger partial charge in [-0.2, -0.15) is 0 Å². The van der Waals surface area contributed by atoms with Gasteiger partial charge in [-0.25, -0.2) is 0 Å². The molecule has 0 N–H and O–H groups in total. The van der Waals surface area contributed by atoms with Gasteiger partial charge >= 0.3 is 0 Å². The average Bonchev–Trinajstić information content (AvgIpc) is 2.90. The Morgan fingerprint density at radius 2 is 1.46 bits per heavy atom. The van der Waals surface area contributed by atoms with Crippen molar-refractivity contribution in [1.82, 2.24) is 14.7 Å². The summed E-state index contributed by atoms with van der Waals surface area (Å²) >= 11 is 12.4. The maximum atomic E-state index is 13.5. The Kier molecular flexibility index (Phi) is 9.91. The Bertz CT molecular complexity index is 990. The lowest BCUT2D eigenvalue weighted by Gasteiger charge is -2.45. The summed E-state index contributed by atoms with van der Waals surface area (Å²) in [4.78, 5) is 31.8. The van der Waals surface area contributed by atoms with E-state index in [1.165, 1.54) is 11.1 Å². The molecule has 200 valence electrons. The first kappa shape index (κ1) is 27.9. The van der Waals surface area contributed by atoms with E-state index in [2.05, 4.69) is 41.0 Å². The number of carbonyl (C=O) groups is 2. The number of hydrogen-bond acceptors (Lipinski definition) is 3. The van der Waals surface area contributed by atoms with E-state index in [4.69, 9.17) is 23.2 Å². The summed E-state index contributed by atoms with van der Waals surface area (Å²) < 4.78 is 0. The van der Waals surface area contributed by atoms with E-state index in [1.54, 1.807) is 6.92 Å². The number of piperidine rings is 1. The SMILES string of the molecule is CCCC[C@H]1CN(C(c2ccc(Cl)cc2)c2ccc(Cl)cc2)CCN1C(=O)CC1CCN(C(C)=O)CC1. The molecule has 0 radical (unpaired) electrons. The molecule has 7 heteroatoms.